The van der Waals surface area contributed by atoms with Gasteiger partial charge in [0.1, 0.15) is 11.2 Å². The van der Waals surface area contributed by atoms with Gasteiger partial charge in [-0.05, 0) is 41.4 Å². The molecule has 0 spiro atoms. The molecule has 0 aliphatic heterocycles. The van der Waals surface area contributed by atoms with Gasteiger partial charge in [-0.1, -0.05) is 99.6 Å². The van der Waals surface area contributed by atoms with Crippen molar-refractivity contribution in [1.82, 2.24) is 0 Å². The summed E-state index contributed by atoms with van der Waals surface area (Å²) in [6.45, 7) is 10.7. The number of hydrogen-bond donors (Lipinski definition) is 0. The van der Waals surface area contributed by atoms with Gasteiger partial charge in [-0.2, -0.15) is 0 Å². The number of para-hydroxylation sites is 1. The fourth-order valence-corrected chi connectivity index (χ4v) is 5.48. The van der Waals surface area contributed by atoms with E-state index in [0.29, 0.717) is 16.9 Å². The molecule has 188 valence electrons. The van der Waals surface area contributed by atoms with Crippen molar-refractivity contribution in [2.45, 2.75) is 56.8 Å². The molecular formula is C30H35O4PSi. The third-order valence-electron chi connectivity index (χ3n) is 7.01. The summed E-state index contributed by atoms with van der Waals surface area (Å²) in [5.41, 5.74) is 0.0314. The average molecular weight is 519 g/mol. The highest BCUT2D eigenvalue weighted by atomic mass is 31.0. The van der Waals surface area contributed by atoms with Gasteiger partial charge in [0, 0.05) is 12.2 Å². The number of hydrogen-bond acceptors (Lipinski definition) is 4. The molecule has 0 fully saturated rings. The van der Waals surface area contributed by atoms with Crippen LogP contribution in [0.3, 0.4) is 0 Å². The lowest BCUT2D eigenvalue weighted by Crippen LogP contribution is -2.56. The maximum atomic E-state index is 14.5. The zero-order chi connectivity index (χ0) is 26.4. The molecule has 3 rings (SSSR count). The molecule has 3 aromatic rings. The SMILES string of the molecule is CC(C)(C)[Si](C)(C)O[C@H](CC(=O)C=P)C(C(=O)Oc1ccccc1)(c1ccccc1)c1ccccc1. The van der Waals surface area contributed by atoms with Crippen molar-refractivity contribution < 1.29 is 18.8 Å². The van der Waals surface area contributed by atoms with Crippen LogP contribution in [-0.4, -0.2) is 32.0 Å². The average Bonchev–Trinajstić information content (AvgIpc) is 2.85. The lowest BCUT2D eigenvalue weighted by atomic mass is 9.69. The van der Waals surface area contributed by atoms with Crippen molar-refractivity contribution in [3.05, 3.63) is 102 Å². The second kappa shape index (κ2) is 11.5. The van der Waals surface area contributed by atoms with Gasteiger partial charge in [-0.15, -0.1) is 8.86 Å². The Kier molecular flexibility index (Phi) is 8.83. The normalized spacial score (nSPS) is 13.0. The molecule has 0 amide bonds. The maximum Gasteiger partial charge on any atom is 0.329 e. The molecular weight excluding hydrogens is 483 g/mol. The summed E-state index contributed by atoms with van der Waals surface area (Å²) < 4.78 is 13.0. The van der Waals surface area contributed by atoms with Crippen molar-refractivity contribution in [1.29, 1.82) is 0 Å². The van der Waals surface area contributed by atoms with Crippen molar-refractivity contribution in [2.75, 3.05) is 0 Å². The molecule has 0 bridgehead atoms. The van der Waals surface area contributed by atoms with Gasteiger partial charge < -0.3 is 9.16 Å². The number of carbonyl (C=O) groups excluding carboxylic acids is 2. The minimum Gasteiger partial charge on any atom is -0.426 e. The van der Waals surface area contributed by atoms with Gasteiger partial charge in [0.2, 0.25) is 0 Å². The van der Waals surface area contributed by atoms with Gasteiger partial charge in [-0.25, -0.2) is 0 Å². The number of ketones is 1. The van der Waals surface area contributed by atoms with Crippen molar-refractivity contribution >= 4 is 34.7 Å². The van der Waals surface area contributed by atoms with E-state index in [0.717, 1.165) is 0 Å². The van der Waals surface area contributed by atoms with Crippen LogP contribution in [0.25, 0.3) is 0 Å². The van der Waals surface area contributed by atoms with E-state index in [1.807, 2.05) is 78.9 Å². The molecule has 1 atom stereocenters. The molecule has 0 heterocycles. The Labute approximate surface area is 218 Å². The molecule has 0 saturated carbocycles. The van der Waals surface area contributed by atoms with Crippen molar-refractivity contribution in [2.24, 2.45) is 0 Å². The van der Waals surface area contributed by atoms with E-state index < -0.39 is 25.8 Å². The molecule has 0 unspecified atom stereocenters. The highest BCUT2D eigenvalue weighted by molar-refractivity contribution is 7.22. The van der Waals surface area contributed by atoms with Gasteiger partial charge in [0.15, 0.2) is 14.1 Å². The number of benzene rings is 3. The first-order valence-corrected chi connectivity index (χ1v) is 15.6. The zero-order valence-electron chi connectivity index (χ0n) is 21.7. The fourth-order valence-electron chi connectivity index (χ4n) is 4.04. The second-order valence-electron chi connectivity index (χ2n) is 10.4. The summed E-state index contributed by atoms with van der Waals surface area (Å²) in [4.78, 5) is 27.4. The highest BCUT2D eigenvalue weighted by Crippen LogP contribution is 2.45. The predicted octanol–water partition coefficient (Wildman–Crippen LogP) is 6.87. The first kappa shape index (κ1) is 27.7. The summed E-state index contributed by atoms with van der Waals surface area (Å²) in [6, 6.07) is 28.0. The molecule has 0 radical (unpaired) electrons. The Morgan fingerprint density at radius 2 is 1.28 bits per heavy atom. The highest BCUT2D eigenvalue weighted by Gasteiger charge is 2.54. The van der Waals surface area contributed by atoms with E-state index in [-0.39, 0.29) is 17.2 Å². The van der Waals surface area contributed by atoms with E-state index in [9.17, 15) is 9.59 Å². The molecule has 0 aliphatic rings. The zero-order valence-corrected chi connectivity index (χ0v) is 23.7. The van der Waals surface area contributed by atoms with Crippen LogP contribution in [0.4, 0.5) is 0 Å². The molecule has 36 heavy (non-hydrogen) atoms. The third kappa shape index (κ3) is 5.92. The minimum absolute atomic E-state index is 0.00366. The fraction of sp³-hybridized carbons (Fsp3) is 0.300. The predicted molar refractivity (Wildman–Crippen MR) is 152 cm³/mol. The Hall–Kier alpha value is -2.85. The summed E-state index contributed by atoms with van der Waals surface area (Å²) in [5.74, 6) is 1.13. The van der Waals surface area contributed by atoms with Crippen LogP contribution in [0.15, 0.2) is 91.0 Å². The van der Waals surface area contributed by atoms with E-state index >= 15 is 0 Å². The Morgan fingerprint density at radius 3 is 1.69 bits per heavy atom. The molecule has 3 aromatic carbocycles. The number of rotatable bonds is 10. The Bertz CT molecular complexity index is 1130. The summed E-state index contributed by atoms with van der Waals surface area (Å²) >= 11 is 0. The minimum atomic E-state index is -2.45. The standard InChI is InChI=1S/C30H35O4PSi/c1-29(2,3)36(4,5)34-27(21-25(31)22-35)30(23-15-9-6-10-16-23,24-17-11-7-12-18-24)28(32)33-26-19-13-8-14-20-26/h6-20,22,27,35H,21H2,1-5H3/t27-/m1/s1. The van der Waals surface area contributed by atoms with Crippen LogP contribution in [-0.2, 0) is 19.4 Å². The number of esters is 1. The van der Waals surface area contributed by atoms with E-state index in [2.05, 4.69) is 42.7 Å². The molecule has 4 nitrogen and oxygen atoms in total. The van der Waals surface area contributed by atoms with Gasteiger partial charge >= 0.3 is 5.97 Å². The van der Waals surface area contributed by atoms with Gasteiger partial charge in [0.25, 0.3) is 0 Å². The smallest absolute Gasteiger partial charge is 0.329 e. The first-order chi connectivity index (χ1) is 17.0. The van der Waals surface area contributed by atoms with E-state index in [4.69, 9.17) is 9.16 Å². The van der Waals surface area contributed by atoms with Crippen LogP contribution in [0, 0.1) is 0 Å². The molecule has 6 heteroatoms. The number of Topliss-reactive ketones (excluding diaryl/α,β-unsaturated/α-hetero) is 1. The molecule has 0 N–H and O–H groups in total. The quantitative estimate of drug-likeness (QED) is 0.127. The summed E-state index contributed by atoms with van der Waals surface area (Å²) in [5, 5.41) is -0.144. The van der Waals surface area contributed by atoms with Crippen LogP contribution >= 0.6 is 8.86 Å². The van der Waals surface area contributed by atoms with Gasteiger partial charge in [0.05, 0.1) is 6.10 Å². The van der Waals surface area contributed by atoms with Gasteiger partial charge in [-0.3, -0.25) is 9.59 Å². The monoisotopic (exact) mass is 518 g/mol. The van der Waals surface area contributed by atoms with Crippen molar-refractivity contribution in [3.8, 4) is 5.75 Å². The summed E-state index contributed by atoms with van der Waals surface area (Å²) in [6.07, 6.45) is -0.802. The molecule has 0 aliphatic carbocycles. The second-order valence-corrected chi connectivity index (χ2v) is 15.5. The summed E-state index contributed by atoms with van der Waals surface area (Å²) in [7, 11) is 0.801. The van der Waals surface area contributed by atoms with Crippen LogP contribution < -0.4 is 4.74 Å². The Balaban J connectivity index is 2.34. The largest absolute Gasteiger partial charge is 0.426 e. The maximum absolute atomic E-state index is 14.5. The Morgan fingerprint density at radius 1 is 0.833 bits per heavy atom. The van der Waals surface area contributed by atoms with Crippen LogP contribution in [0.1, 0.15) is 38.3 Å². The molecule has 0 saturated heterocycles. The number of carbonyl (C=O) groups is 2. The van der Waals surface area contributed by atoms with Crippen molar-refractivity contribution in [3.63, 3.8) is 0 Å². The van der Waals surface area contributed by atoms with E-state index in [1.165, 1.54) is 5.80 Å². The number of ether oxygens (including phenoxy) is 1. The molecule has 0 aromatic heterocycles. The lowest BCUT2D eigenvalue weighted by Gasteiger charge is -2.46. The van der Waals surface area contributed by atoms with E-state index in [1.54, 1.807) is 12.1 Å². The lowest BCUT2D eigenvalue weighted by molar-refractivity contribution is -0.143. The topological polar surface area (TPSA) is 52.6 Å². The van der Waals surface area contributed by atoms with Crippen LogP contribution in [0.5, 0.6) is 5.75 Å². The van der Waals surface area contributed by atoms with Crippen LogP contribution in [0.2, 0.25) is 18.1 Å². The third-order valence-corrected chi connectivity index (χ3v) is 11.8. The first-order valence-electron chi connectivity index (χ1n) is 12.1.